The van der Waals surface area contributed by atoms with Crippen molar-refractivity contribution in [3.8, 4) is 5.69 Å². The zero-order valence-electron chi connectivity index (χ0n) is 14.9. The normalized spacial score (nSPS) is 12.5. The fourth-order valence-electron chi connectivity index (χ4n) is 2.74. The van der Waals surface area contributed by atoms with Crippen molar-refractivity contribution in [3.63, 3.8) is 0 Å². The van der Waals surface area contributed by atoms with Gasteiger partial charge in [-0.25, -0.2) is 4.68 Å². The van der Waals surface area contributed by atoms with E-state index in [0.717, 1.165) is 34.9 Å². The van der Waals surface area contributed by atoms with Crippen LogP contribution in [0, 0.1) is 13.8 Å². The third-order valence-electron chi connectivity index (χ3n) is 4.33. The average molecular weight is 360 g/mol. The van der Waals surface area contributed by atoms with Crippen LogP contribution >= 0.6 is 11.6 Å². The Morgan fingerprint density at radius 1 is 1.24 bits per heavy atom. The first-order chi connectivity index (χ1) is 12.0. The molecule has 0 amide bonds. The fourth-order valence-corrected chi connectivity index (χ4v) is 2.86. The molecular weight excluding hydrogens is 338 g/mol. The summed E-state index contributed by atoms with van der Waals surface area (Å²) < 4.78 is 7.33. The number of likely N-dealkylation sites (N-methyl/N-ethyl adjacent to an activating group) is 1. The van der Waals surface area contributed by atoms with Gasteiger partial charge in [0.15, 0.2) is 5.82 Å². The van der Waals surface area contributed by atoms with E-state index in [1.807, 2.05) is 49.8 Å². The summed E-state index contributed by atoms with van der Waals surface area (Å²) >= 11 is 5.97. The molecule has 0 aliphatic rings. The smallest absolute Gasteiger partial charge is 0.231 e. The molecule has 6 nitrogen and oxygen atoms in total. The molecule has 2 heterocycles. The minimum Gasteiger partial charge on any atom is -0.339 e. The highest BCUT2D eigenvalue weighted by Gasteiger charge is 2.17. The molecule has 1 unspecified atom stereocenters. The first-order valence-corrected chi connectivity index (χ1v) is 8.65. The third kappa shape index (κ3) is 3.91. The van der Waals surface area contributed by atoms with Crippen LogP contribution in [0.15, 0.2) is 28.8 Å². The number of aromatic nitrogens is 4. The van der Waals surface area contributed by atoms with Crippen LogP contribution in [0.5, 0.6) is 0 Å². The molecule has 1 atom stereocenters. The Bertz CT molecular complexity index is 853. The zero-order chi connectivity index (χ0) is 18.0. The number of halogens is 1. The van der Waals surface area contributed by atoms with Crippen LogP contribution in [-0.4, -0.2) is 33.0 Å². The van der Waals surface area contributed by atoms with E-state index in [1.54, 1.807) is 0 Å². The number of nitrogens with one attached hydrogen (secondary N) is 1. The van der Waals surface area contributed by atoms with Crippen molar-refractivity contribution in [2.45, 2.75) is 39.7 Å². The molecule has 0 saturated carbocycles. The van der Waals surface area contributed by atoms with Gasteiger partial charge in [-0.1, -0.05) is 16.8 Å². The van der Waals surface area contributed by atoms with Crippen LogP contribution in [0.3, 0.4) is 0 Å². The van der Waals surface area contributed by atoms with Crippen LogP contribution < -0.4 is 5.32 Å². The Morgan fingerprint density at radius 2 is 1.96 bits per heavy atom. The Labute approximate surface area is 152 Å². The van der Waals surface area contributed by atoms with Gasteiger partial charge in [-0.05, 0) is 52.1 Å². The van der Waals surface area contributed by atoms with E-state index >= 15 is 0 Å². The molecule has 2 aromatic heterocycles. The van der Waals surface area contributed by atoms with Gasteiger partial charge in [-0.3, -0.25) is 0 Å². The molecule has 3 rings (SSSR count). The minimum atomic E-state index is 0.307. The minimum absolute atomic E-state index is 0.307. The van der Waals surface area contributed by atoms with Gasteiger partial charge in [0.2, 0.25) is 5.89 Å². The van der Waals surface area contributed by atoms with Crippen LogP contribution in [-0.2, 0) is 12.8 Å². The predicted molar refractivity (Wildman–Crippen MR) is 97.4 cm³/mol. The summed E-state index contributed by atoms with van der Waals surface area (Å²) in [5.41, 5.74) is 4.09. The van der Waals surface area contributed by atoms with Gasteiger partial charge in [0, 0.05) is 28.7 Å². The number of hydrogen-bond acceptors (Lipinski definition) is 5. The zero-order valence-corrected chi connectivity index (χ0v) is 15.6. The van der Waals surface area contributed by atoms with Gasteiger partial charge < -0.3 is 9.84 Å². The molecule has 1 aromatic carbocycles. The van der Waals surface area contributed by atoms with E-state index in [9.17, 15) is 0 Å². The van der Waals surface area contributed by atoms with Gasteiger partial charge in [-0.2, -0.15) is 10.1 Å². The van der Waals surface area contributed by atoms with Gasteiger partial charge in [0.1, 0.15) is 0 Å². The maximum atomic E-state index is 5.97. The number of hydrogen-bond donors (Lipinski definition) is 1. The van der Waals surface area contributed by atoms with E-state index in [-0.39, 0.29) is 0 Å². The molecule has 1 N–H and O–H groups in total. The number of aryl methyl sites for hydroxylation is 1. The van der Waals surface area contributed by atoms with Crippen molar-refractivity contribution >= 4 is 11.6 Å². The first kappa shape index (κ1) is 17.6. The van der Waals surface area contributed by atoms with Gasteiger partial charge in [0.05, 0.1) is 17.8 Å². The van der Waals surface area contributed by atoms with E-state index in [1.165, 1.54) is 0 Å². The van der Waals surface area contributed by atoms with Crippen LogP contribution in [0.1, 0.15) is 35.6 Å². The molecule has 0 saturated heterocycles. The molecule has 25 heavy (non-hydrogen) atoms. The molecule has 7 heteroatoms. The lowest BCUT2D eigenvalue weighted by molar-refractivity contribution is 0.377. The number of rotatable bonds is 6. The van der Waals surface area contributed by atoms with E-state index in [0.29, 0.717) is 23.4 Å². The second-order valence-electron chi connectivity index (χ2n) is 6.21. The standard InChI is InChI=1S/C18H22ClN5O/c1-11(20-4)9-17-21-18(25-23-17)10-16-12(2)22-24(13(16)3)15-7-5-14(19)6-8-15/h5-8,11,20H,9-10H2,1-4H3. The lowest BCUT2D eigenvalue weighted by Gasteiger charge is -2.05. The highest BCUT2D eigenvalue weighted by Crippen LogP contribution is 2.21. The van der Waals surface area contributed by atoms with E-state index in [4.69, 9.17) is 16.1 Å². The summed E-state index contributed by atoms with van der Waals surface area (Å²) in [7, 11) is 1.92. The highest BCUT2D eigenvalue weighted by molar-refractivity contribution is 6.30. The molecule has 0 spiro atoms. The Balaban J connectivity index is 1.83. The Morgan fingerprint density at radius 3 is 2.64 bits per heavy atom. The number of benzene rings is 1. The summed E-state index contributed by atoms with van der Waals surface area (Å²) in [5, 5.41) is 12.6. The average Bonchev–Trinajstić information content (AvgIpc) is 3.15. The maximum Gasteiger partial charge on any atom is 0.231 e. The SMILES string of the molecule is CNC(C)Cc1noc(Cc2c(C)nn(-c3ccc(Cl)cc3)c2C)n1. The van der Waals surface area contributed by atoms with Crippen LogP contribution in [0.25, 0.3) is 5.69 Å². The monoisotopic (exact) mass is 359 g/mol. The number of nitrogens with zero attached hydrogens (tertiary/aromatic N) is 4. The molecule has 3 aromatic rings. The quantitative estimate of drug-likeness (QED) is 0.731. The summed E-state index contributed by atoms with van der Waals surface area (Å²) in [6, 6.07) is 7.94. The highest BCUT2D eigenvalue weighted by atomic mass is 35.5. The van der Waals surface area contributed by atoms with E-state index in [2.05, 4.69) is 27.5 Å². The van der Waals surface area contributed by atoms with Crippen molar-refractivity contribution in [3.05, 3.63) is 58.0 Å². The van der Waals surface area contributed by atoms with Crippen LogP contribution in [0.4, 0.5) is 0 Å². The predicted octanol–water partition coefficient (Wildman–Crippen LogP) is 3.27. The summed E-state index contributed by atoms with van der Waals surface area (Å²) in [5.74, 6) is 1.33. The van der Waals surface area contributed by atoms with Crippen molar-refractivity contribution < 1.29 is 4.52 Å². The Hall–Kier alpha value is -2.18. The second-order valence-corrected chi connectivity index (χ2v) is 6.65. The van der Waals surface area contributed by atoms with Crippen molar-refractivity contribution in [2.24, 2.45) is 0 Å². The third-order valence-corrected chi connectivity index (χ3v) is 4.58. The topological polar surface area (TPSA) is 68.8 Å². The van der Waals surface area contributed by atoms with Gasteiger partial charge >= 0.3 is 0 Å². The molecule has 0 fully saturated rings. The molecule has 0 aliphatic heterocycles. The fraction of sp³-hybridized carbons (Fsp3) is 0.389. The Kier molecular flexibility index (Phi) is 5.20. The lowest BCUT2D eigenvalue weighted by Crippen LogP contribution is -2.24. The van der Waals surface area contributed by atoms with E-state index < -0.39 is 0 Å². The lowest BCUT2D eigenvalue weighted by atomic mass is 10.1. The molecule has 0 bridgehead atoms. The molecule has 0 radical (unpaired) electrons. The van der Waals surface area contributed by atoms with Crippen molar-refractivity contribution in [2.75, 3.05) is 7.05 Å². The van der Waals surface area contributed by atoms with Crippen molar-refractivity contribution in [1.29, 1.82) is 0 Å². The molecule has 0 aliphatic carbocycles. The van der Waals surface area contributed by atoms with Gasteiger partial charge in [-0.15, -0.1) is 0 Å². The van der Waals surface area contributed by atoms with Gasteiger partial charge in [0.25, 0.3) is 0 Å². The first-order valence-electron chi connectivity index (χ1n) is 8.27. The van der Waals surface area contributed by atoms with Crippen molar-refractivity contribution in [1.82, 2.24) is 25.2 Å². The second kappa shape index (κ2) is 7.37. The molecule has 132 valence electrons. The largest absolute Gasteiger partial charge is 0.339 e. The summed E-state index contributed by atoms with van der Waals surface area (Å²) in [6.07, 6.45) is 1.31. The summed E-state index contributed by atoms with van der Waals surface area (Å²) in [4.78, 5) is 4.50. The maximum absolute atomic E-state index is 5.97. The van der Waals surface area contributed by atoms with Crippen LogP contribution in [0.2, 0.25) is 5.02 Å². The molecular formula is C18H22ClN5O. The summed E-state index contributed by atoms with van der Waals surface area (Å²) in [6.45, 7) is 6.12.